The molecule has 0 saturated heterocycles. The summed E-state index contributed by atoms with van der Waals surface area (Å²) in [5.41, 5.74) is 9.13. The lowest BCUT2D eigenvalue weighted by molar-refractivity contribution is -0.138. The minimum atomic E-state index is -0.943. The molecule has 1 aliphatic rings. The van der Waals surface area contributed by atoms with Crippen molar-refractivity contribution in [2.45, 2.75) is 25.3 Å². The van der Waals surface area contributed by atoms with E-state index in [2.05, 4.69) is 11.0 Å². The third kappa shape index (κ3) is 2.42. The number of benzene rings is 1. The summed E-state index contributed by atoms with van der Waals surface area (Å²) in [7, 11) is 2.05. The van der Waals surface area contributed by atoms with Gasteiger partial charge < -0.3 is 15.7 Å². The first kappa shape index (κ1) is 11.9. The van der Waals surface area contributed by atoms with Crippen LogP contribution in [0.4, 0.5) is 5.69 Å². The average molecular weight is 234 g/mol. The Morgan fingerprint density at radius 1 is 1.59 bits per heavy atom. The van der Waals surface area contributed by atoms with Crippen molar-refractivity contribution in [2.24, 2.45) is 5.73 Å². The molecule has 0 amide bonds. The average Bonchev–Trinajstić information content (AvgIpc) is 2.29. The molecular formula is C13H18N2O2. The monoisotopic (exact) mass is 234 g/mol. The second-order valence-electron chi connectivity index (χ2n) is 4.60. The van der Waals surface area contributed by atoms with Gasteiger partial charge >= 0.3 is 5.97 Å². The van der Waals surface area contributed by atoms with Crippen molar-refractivity contribution >= 4 is 11.7 Å². The van der Waals surface area contributed by atoms with Crippen molar-refractivity contribution in [3.05, 3.63) is 29.3 Å². The Morgan fingerprint density at radius 2 is 2.35 bits per heavy atom. The summed E-state index contributed by atoms with van der Waals surface area (Å²) in [6, 6.07) is 5.25. The van der Waals surface area contributed by atoms with Gasteiger partial charge in [0, 0.05) is 25.7 Å². The summed E-state index contributed by atoms with van der Waals surface area (Å²) < 4.78 is 0. The van der Waals surface area contributed by atoms with E-state index in [4.69, 9.17) is 10.8 Å². The molecule has 1 unspecified atom stereocenters. The van der Waals surface area contributed by atoms with E-state index in [9.17, 15) is 4.79 Å². The number of carboxylic acids is 1. The maximum atomic E-state index is 10.8. The third-order valence-corrected chi connectivity index (χ3v) is 3.28. The van der Waals surface area contributed by atoms with Crippen LogP contribution in [0.3, 0.4) is 0 Å². The van der Waals surface area contributed by atoms with Gasteiger partial charge in [-0.25, -0.2) is 0 Å². The standard InChI is InChI=1S/C13H18N2O2/c1-15-7-3-6-9-4-2-5-10(12(9)15)8-11(14)13(16)17/h2,4-5,11H,3,6-8,14H2,1H3,(H,16,17). The van der Waals surface area contributed by atoms with Crippen LogP contribution in [-0.2, 0) is 17.6 Å². The fraction of sp³-hybridized carbons (Fsp3) is 0.462. The van der Waals surface area contributed by atoms with Gasteiger partial charge in [-0.1, -0.05) is 18.2 Å². The number of carboxylic acid groups (broad SMARTS) is 1. The molecule has 17 heavy (non-hydrogen) atoms. The van der Waals surface area contributed by atoms with Gasteiger partial charge in [0.1, 0.15) is 6.04 Å². The number of fused-ring (bicyclic) bond motifs is 1. The Kier molecular flexibility index (Phi) is 3.33. The molecular weight excluding hydrogens is 216 g/mol. The largest absolute Gasteiger partial charge is 0.480 e. The molecule has 1 aromatic carbocycles. The van der Waals surface area contributed by atoms with E-state index in [1.54, 1.807) is 0 Å². The number of hydrogen-bond acceptors (Lipinski definition) is 3. The van der Waals surface area contributed by atoms with Crippen molar-refractivity contribution < 1.29 is 9.90 Å². The Balaban J connectivity index is 2.31. The van der Waals surface area contributed by atoms with E-state index in [0.717, 1.165) is 24.9 Å². The molecule has 0 saturated carbocycles. The summed E-state index contributed by atoms with van der Waals surface area (Å²) in [6.45, 7) is 1.02. The van der Waals surface area contributed by atoms with Crippen LogP contribution in [0.1, 0.15) is 17.5 Å². The van der Waals surface area contributed by atoms with Crippen LogP contribution < -0.4 is 10.6 Å². The molecule has 4 nitrogen and oxygen atoms in total. The molecule has 0 fully saturated rings. The van der Waals surface area contributed by atoms with Crippen LogP contribution in [0.15, 0.2) is 18.2 Å². The van der Waals surface area contributed by atoms with Crippen molar-refractivity contribution in [1.29, 1.82) is 0 Å². The van der Waals surface area contributed by atoms with Crippen molar-refractivity contribution in [3.8, 4) is 0 Å². The summed E-state index contributed by atoms with van der Waals surface area (Å²) in [6.07, 6.45) is 2.61. The predicted molar refractivity (Wildman–Crippen MR) is 67.3 cm³/mol. The lowest BCUT2D eigenvalue weighted by atomic mass is 9.95. The number of aryl methyl sites for hydroxylation is 1. The number of aliphatic carboxylic acids is 1. The van der Waals surface area contributed by atoms with Crippen LogP contribution in [-0.4, -0.2) is 30.7 Å². The number of nitrogens with zero attached hydrogens (tertiary/aromatic N) is 1. The Morgan fingerprint density at radius 3 is 3.06 bits per heavy atom. The highest BCUT2D eigenvalue weighted by molar-refractivity contribution is 5.74. The normalized spacial score (nSPS) is 16.5. The molecule has 1 aromatic rings. The number of para-hydroxylation sites is 1. The zero-order valence-corrected chi connectivity index (χ0v) is 10.0. The number of rotatable bonds is 3. The van der Waals surface area contributed by atoms with Gasteiger partial charge in [0.25, 0.3) is 0 Å². The molecule has 0 aliphatic carbocycles. The SMILES string of the molecule is CN1CCCc2cccc(CC(N)C(=O)O)c21. The first-order valence-corrected chi connectivity index (χ1v) is 5.90. The third-order valence-electron chi connectivity index (χ3n) is 3.28. The van der Waals surface area contributed by atoms with E-state index in [0.29, 0.717) is 6.42 Å². The second kappa shape index (κ2) is 4.75. The van der Waals surface area contributed by atoms with Crippen molar-refractivity contribution in [3.63, 3.8) is 0 Å². The minimum absolute atomic E-state index is 0.392. The minimum Gasteiger partial charge on any atom is -0.480 e. The fourth-order valence-corrected chi connectivity index (χ4v) is 2.44. The first-order valence-electron chi connectivity index (χ1n) is 5.90. The lowest BCUT2D eigenvalue weighted by Gasteiger charge is -2.30. The number of anilines is 1. The lowest BCUT2D eigenvalue weighted by Crippen LogP contribution is -2.34. The zero-order valence-electron chi connectivity index (χ0n) is 10.0. The molecule has 1 atom stereocenters. The molecule has 1 heterocycles. The van der Waals surface area contributed by atoms with Crippen LogP contribution in [0.2, 0.25) is 0 Å². The summed E-state index contributed by atoms with van der Waals surface area (Å²) in [5.74, 6) is -0.943. The molecule has 0 bridgehead atoms. The molecule has 1 aliphatic heterocycles. The number of carbonyl (C=O) groups is 1. The van der Waals surface area contributed by atoms with Gasteiger partial charge in [-0.05, 0) is 24.0 Å². The maximum Gasteiger partial charge on any atom is 0.320 e. The van der Waals surface area contributed by atoms with E-state index in [1.165, 1.54) is 11.3 Å². The van der Waals surface area contributed by atoms with Gasteiger partial charge in [-0.15, -0.1) is 0 Å². The predicted octanol–water partition coefficient (Wildman–Crippen LogP) is 1.02. The van der Waals surface area contributed by atoms with Crippen molar-refractivity contribution in [2.75, 3.05) is 18.5 Å². The second-order valence-corrected chi connectivity index (χ2v) is 4.60. The highest BCUT2D eigenvalue weighted by atomic mass is 16.4. The Labute approximate surface area is 101 Å². The van der Waals surface area contributed by atoms with Gasteiger partial charge in [-0.3, -0.25) is 4.79 Å². The number of hydrogen-bond donors (Lipinski definition) is 2. The quantitative estimate of drug-likeness (QED) is 0.819. The molecule has 0 radical (unpaired) electrons. The van der Waals surface area contributed by atoms with Crippen LogP contribution in [0, 0.1) is 0 Å². The first-order chi connectivity index (χ1) is 8.09. The molecule has 92 valence electrons. The topological polar surface area (TPSA) is 66.6 Å². The van der Waals surface area contributed by atoms with Crippen LogP contribution in [0.5, 0.6) is 0 Å². The fourth-order valence-electron chi connectivity index (χ4n) is 2.44. The van der Waals surface area contributed by atoms with Crippen LogP contribution >= 0.6 is 0 Å². The highest BCUT2D eigenvalue weighted by Gasteiger charge is 2.20. The van der Waals surface area contributed by atoms with E-state index < -0.39 is 12.0 Å². The summed E-state index contributed by atoms with van der Waals surface area (Å²) >= 11 is 0. The zero-order chi connectivity index (χ0) is 12.4. The van der Waals surface area contributed by atoms with Gasteiger partial charge in [0.2, 0.25) is 0 Å². The smallest absolute Gasteiger partial charge is 0.320 e. The summed E-state index contributed by atoms with van der Waals surface area (Å²) in [5, 5.41) is 8.87. The Bertz CT molecular complexity index is 431. The van der Waals surface area contributed by atoms with Gasteiger partial charge in [-0.2, -0.15) is 0 Å². The van der Waals surface area contributed by atoms with E-state index >= 15 is 0 Å². The van der Waals surface area contributed by atoms with E-state index in [-0.39, 0.29) is 0 Å². The molecule has 3 N–H and O–H groups in total. The van der Waals surface area contributed by atoms with Gasteiger partial charge in [0.15, 0.2) is 0 Å². The van der Waals surface area contributed by atoms with Crippen LogP contribution in [0.25, 0.3) is 0 Å². The number of nitrogens with two attached hydrogens (primary N) is 1. The van der Waals surface area contributed by atoms with Crippen molar-refractivity contribution in [1.82, 2.24) is 0 Å². The molecule has 0 spiro atoms. The highest BCUT2D eigenvalue weighted by Crippen LogP contribution is 2.30. The van der Waals surface area contributed by atoms with Gasteiger partial charge in [0.05, 0.1) is 0 Å². The summed E-state index contributed by atoms with van der Waals surface area (Å²) in [4.78, 5) is 13.0. The Hall–Kier alpha value is -1.55. The maximum absolute atomic E-state index is 10.8. The van der Waals surface area contributed by atoms with E-state index in [1.807, 2.05) is 19.2 Å². The molecule has 0 aromatic heterocycles. The molecule has 4 heteroatoms. The molecule has 2 rings (SSSR count).